The van der Waals surface area contributed by atoms with Crippen molar-refractivity contribution in [3.8, 4) is 11.4 Å². The number of amides is 1. The molecule has 1 heterocycles. The number of hydrogen-bond donors (Lipinski definition) is 1. The molecule has 3 aromatic rings. The predicted octanol–water partition coefficient (Wildman–Crippen LogP) is 3.82. The number of hydrogen-bond acceptors (Lipinski definition) is 3. The number of pyridine rings is 1. The lowest BCUT2D eigenvalue weighted by Gasteiger charge is -2.12. The van der Waals surface area contributed by atoms with Crippen LogP contribution >= 0.6 is 15.9 Å². The van der Waals surface area contributed by atoms with E-state index >= 15 is 0 Å². The van der Waals surface area contributed by atoms with Crippen molar-refractivity contribution in [2.75, 3.05) is 0 Å². The molecule has 0 saturated carbocycles. The zero-order chi connectivity index (χ0) is 19.2. The van der Waals surface area contributed by atoms with Crippen LogP contribution in [0.25, 0.3) is 5.69 Å². The molecule has 0 unspecified atom stereocenters. The van der Waals surface area contributed by atoms with Gasteiger partial charge in [-0.1, -0.05) is 42.5 Å². The van der Waals surface area contributed by atoms with Gasteiger partial charge >= 0.3 is 0 Å². The average molecular weight is 427 g/mol. The first-order valence-corrected chi connectivity index (χ1v) is 9.25. The van der Waals surface area contributed by atoms with E-state index in [2.05, 4.69) is 21.2 Å². The monoisotopic (exact) mass is 426 g/mol. The van der Waals surface area contributed by atoms with E-state index < -0.39 is 0 Å². The number of benzene rings is 2. The van der Waals surface area contributed by atoms with Crippen LogP contribution in [0.2, 0.25) is 0 Å². The molecule has 0 radical (unpaired) electrons. The summed E-state index contributed by atoms with van der Waals surface area (Å²) in [6.07, 6.45) is 1.69. The Bertz CT molecular complexity index is 983. The maximum Gasteiger partial charge on any atom is 0.273 e. The van der Waals surface area contributed by atoms with Crippen molar-refractivity contribution in [2.24, 2.45) is 0 Å². The predicted molar refractivity (Wildman–Crippen MR) is 108 cm³/mol. The lowest BCUT2D eigenvalue weighted by molar-refractivity contribution is -0.119. The summed E-state index contributed by atoms with van der Waals surface area (Å²) in [7, 11) is 0. The smallest absolute Gasteiger partial charge is 0.273 e. The molecule has 27 heavy (non-hydrogen) atoms. The van der Waals surface area contributed by atoms with Crippen molar-refractivity contribution in [1.29, 1.82) is 0 Å². The maximum atomic E-state index is 12.7. The van der Waals surface area contributed by atoms with Gasteiger partial charge in [0.05, 0.1) is 0 Å². The number of nitrogens with one attached hydrogen (secondary N) is 1. The highest BCUT2D eigenvalue weighted by atomic mass is 79.9. The van der Waals surface area contributed by atoms with Gasteiger partial charge in [0.1, 0.15) is 16.8 Å². The summed E-state index contributed by atoms with van der Waals surface area (Å²) >= 11 is 3.35. The zero-order valence-corrected chi connectivity index (χ0v) is 16.4. The summed E-state index contributed by atoms with van der Waals surface area (Å²) in [5.41, 5.74) is 2.53. The maximum absolute atomic E-state index is 12.7. The van der Waals surface area contributed by atoms with Gasteiger partial charge in [-0.2, -0.15) is 0 Å². The van der Waals surface area contributed by atoms with Gasteiger partial charge in [-0.3, -0.25) is 14.2 Å². The van der Waals surface area contributed by atoms with Gasteiger partial charge in [0.2, 0.25) is 5.91 Å². The Morgan fingerprint density at radius 2 is 1.74 bits per heavy atom. The summed E-state index contributed by atoms with van der Waals surface area (Å²) in [5.74, 6) is 0.424. The van der Waals surface area contributed by atoms with E-state index in [-0.39, 0.29) is 11.5 Å². The zero-order valence-electron chi connectivity index (χ0n) is 14.8. The topological polar surface area (TPSA) is 60.3 Å². The second-order valence-electron chi connectivity index (χ2n) is 6.02. The van der Waals surface area contributed by atoms with Crippen LogP contribution in [0.1, 0.15) is 18.1 Å². The number of halogens is 1. The number of carbonyl (C=O) groups excluding carboxylic acids is 1. The molecule has 0 aliphatic rings. The van der Waals surface area contributed by atoms with Crippen molar-refractivity contribution in [2.45, 2.75) is 20.1 Å². The Hall–Kier alpha value is -2.86. The van der Waals surface area contributed by atoms with Crippen LogP contribution in [0.5, 0.6) is 5.75 Å². The molecule has 0 bridgehead atoms. The van der Waals surface area contributed by atoms with E-state index in [1.54, 1.807) is 16.8 Å². The number of carbonyl (C=O) groups is 1. The quantitative estimate of drug-likeness (QED) is 0.651. The van der Waals surface area contributed by atoms with Gasteiger partial charge in [-0.25, -0.2) is 0 Å². The van der Waals surface area contributed by atoms with Crippen molar-refractivity contribution in [3.05, 3.63) is 92.8 Å². The Morgan fingerprint density at radius 3 is 2.41 bits per heavy atom. The first-order valence-electron chi connectivity index (χ1n) is 8.46. The van der Waals surface area contributed by atoms with Gasteiger partial charge in [-0.05, 0) is 45.3 Å². The Kier molecular flexibility index (Phi) is 6.08. The van der Waals surface area contributed by atoms with Crippen LogP contribution in [0.15, 0.2) is 76.1 Å². The largest absolute Gasteiger partial charge is 0.487 e. The summed E-state index contributed by atoms with van der Waals surface area (Å²) in [6.45, 7) is 2.33. The van der Waals surface area contributed by atoms with Crippen molar-refractivity contribution < 1.29 is 9.53 Å². The van der Waals surface area contributed by atoms with E-state index in [9.17, 15) is 9.59 Å². The van der Waals surface area contributed by atoms with E-state index in [1.807, 2.05) is 54.6 Å². The summed E-state index contributed by atoms with van der Waals surface area (Å²) in [6, 6.07) is 19.0. The van der Waals surface area contributed by atoms with E-state index in [0.717, 1.165) is 16.8 Å². The van der Waals surface area contributed by atoms with E-state index in [4.69, 9.17) is 4.74 Å². The van der Waals surface area contributed by atoms with Gasteiger partial charge < -0.3 is 10.1 Å². The first kappa shape index (κ1) is 18.9. The Morgan fingerprint density at radius 1 is 1.04 bits per heavy atom. The van der Waals surface area contributed by atoms with E-state index in [1.165, 1.54) is 6.92 Å². The summed E-state index contributed by atoms with van der Waals surface area (Å²) < 4.78 is 7.69. The lowest BCUT2D eigenvalue weighted by Crippen LogP contribution is -2.20. The van der Waals surface area contributed by atoms with Crippen LogP contribution in [0.3, 0.4) is 0 Å². The third-order valence-electron chi connectivity index (χ3n) is 3.99. The molecule has 2 aromatic carbocycles. The van der Waals surface area contributed by atoms with Gasteiger partial charge in [0.15, 0.2) is 0 Å². The molecule has 0 spiro atoms. The van der Waals surface area contributed by atoms with E-state index in [0.29, 0.717) is 23.4 Å². The van der Waals surface area contributed by atoms with Crippen molar-refractivity contribution in [1.82, 2.24) is 9.88 Å². The summed E-state index contributed by atoms with van der Waals surface area (Å²) in [4.78, 5) is 23.7. The minimum absolute atomic E-state index is 0.0784. The fourth-order valence-electron chi connectivity index (χ4n) is 2.55. The normalized spacial score (nSPS) is 10.4. The number of ether oxygens (including phenoxy) is 1. The van der Waals surface area contributed by atoms with Crippen LogP contribution in [-0.2, 0) is 17.9 Å². The molecule has 1 N–H and O–H groups in total. The molecular formula is C21H19BrN2O3. The van der Waals surface area contributed by atoms with Crippen LogP contribution in [0.4, 0.5) is 0 Å². The number of rotatable bonds is 6. The molecule has 0 saturated heterocycles. The number of aromatic nitrogens is 1. The Labute approximate surface area is 165 Å². The summed E-state index contributed by atoms with van der Waals surface area (Å²) in [5, 5.41) is 2.75. The molecule has 1 aromatic heterocycles. The second kappa shape index (κ2) is 8.68. The molecule has 0 aliphatic heterocycles. The SMILES string of the molecule is CC(=O)NCc1ccc(-n2ccc(OCc3ccccc3)c(Br)c2=O)cc1. The lowest BCUT2D eigenvalue weighted by atomic mass is 10.2. The molecule has 0 atom stereocenters. The average Bonchev–Trinajstić information content (AvgIpc) is 2.69. The van der Waals surface area contributed by atoms with Crippen LogP contribution in [-0.4, -0.2) is 10.5 Å². The molecule has 3 rings (SSSR count). The fourth-order valence-corrected chi connectivity index (χ4v) is 2.98. The molecular weight excluding hydrogens is 408 g/mol. The fraction of sp³-hybridized carbons (Fsp3) is 0.143. The Balaban J connectivity index is 1.76. The molecule has 0 aliphatic carbocycles. The third-order valence-corrected chi connectivity index (χ3v) is 4.72. The second-order valence-corrected chi connectivity index (χ2v) is 6.81. The minimum atomic E-state index is -0.199. The molecule has 0 fully saturated rings. The van der Waals surface area contributed by atoms with Crippen LogP contribution < -0.4 is 15.6 Å². The van der Waals surface area contributed by atoms with Gasteiger partial charge in [-0.15, -0.1) is 0 Å². The van der Waals surface area contributed by atoms with Gasteiger partial charge in [0.25, 0.3) is 5.56 Å². The highest BCUT2D eigenvalue weighted by Gasteiger charge is 2.10. The minimum Gasteiger partial charge on any atom is -0.487 e. The third kappa shape index (κ3) is 4.86. The first-order chi connectivity index (χ1) is 13.0. The van der Waals surface area contributed by atoms with Crippen LogP contribution in [0, 0.1) is 0 Å². The van der Waals surface area contributed by atoms with Gasteiger partial charge in [0, 0.05) is 25.4 Å². The highest BCUT2D eigenvalue weighted by molar-refractivity contribution is 9.10. The van der Waals surface area contributed by atoms with Crippen molar-refractivity contribution in [3.63, 3.8) is 0 Å². The number of nitrogens with zero attached hydrogens (tertiary/aromatic N) is 1. The molecule has 5 nitrogen and oxygen atoms in total. The van der Waals surface area contributed by atoms with Crippen molar-refractivity contribution >= 4 is 21.8 Å². The molecule has 1 amide bonds. The molecule has 6 heteroatoms. The highest BCUT2D eigenvalue weighted by Crippen LogP contribution is 2.22. The molecule has 138 valence electrons. The standard InChI is InChI=1S/C21H19BrN2O3/c1-15(25)23-13-16-7-9-18(10-8-16)24-12-11-19(20(22)21(24)26)27-14-17-5-3-2-4-6-17/h2-12H,13-14H2,1H3,(H,23,25).